The zero-order chi connectivity index (χ0) is 22.1. The van der Waals surface area contributed by atoms with Gasteiger partial charge in [0.1, 0.15) is 11.6 Å². The van der Waals surface area contributed by atoms with E-state index in [1.807, 2.05) is 37.3 Å². The number of amides is 2. The SMILES string of the molecule is CCC1(Cc2ccccc2)C(=O)N(C)C(Cc2c(C)cccc2[N+](=O)[O-])C(=O)N1C. The van der Waals surface area contributed by atoms with Gasteiger partial charge in [-0.15, -0.1) is 0 Å². The molecular weight excluding hydrogens is 382 g/mol. The first-order valence-corrected chi connectivity index (χ1v) is 10.0. The summed E-state index contributed by atoms with van der Waals surface area (Å²) in [5.41, 5.74) is 1.20. The van der Waals surface area contributed by atoms with Gasteiger partial charge in [-0.25, -0.2) is 0 Å². The fraction of sp³-hybridized carbons (Fsp3) is 0.391. The minimum absolute atomic E-state index is 0.0251. The highest BCUT2D eigenvalue weighted by atomic mass is 16.6. The molecule has 0 spiro atoms. The van der Waals surface area contributed by atoms with Gasteiger partial charge in [0, 0.05) is 38.6 Å². The molecule has 30 heavy (non-hydrogen) atoms. The van der Waals surface area contributed by atoms with Crippen molar-refractivity contribution >= 4 is 17.5 Å². The van der Waals surface area contributed by atoms with Gasteiger partial charge >= 0.3 is 0 Å². The van der Waals surface area contributed by atoms with E-state index in [1.165, 1.54) is 11.0 Å². The Hall–Kier alpha value is -3.22. The maximum absolute atomic E-state index is 13.5. The molecule has 1 heterocycles. The van der Waals surface area contributed by atoms with Crippen LogP contribution in [0.3, 0.4) is 0 Å². The van der Waals surface area contributed by atoms with Crippen molar-refractivity contribution in [3.63, 3.8) is 0 Å². The molecule has 2 aromatic carbocycles. The summed E-state index contributed by atoms with van der Waals surface area (Å²) in [6.07, 6.45) is 1.01. The molecule has 7 nitrogen and oxygen atoms in total. The van der Waals surface area contributed by atoms with Gasteiger partial charge in [-0.05, 0) is 24.5 Å². The second-order valence-electron chi connectivity index (χ2n) is 7.91. The second-order valence-corrected chi connectivity index (χ2v) is 7.91. The van der Waals surface area contributed by atoms with Gasteiger partial charge in [0.15, 0.2) is 0 Å². The molecule has 0 bridgehead atoms. The van der Waals surface area contributed by atoms with Crippen molar-refractivity contribution in [2.45, 2.75) is 44.7 Å². The molecule has 158 valence electrons. The Morgan fingerprint density at radius 1 is 1.07 bits per heavy atom. The Kier molecular flexibility index (Phi) is 5.92. The Balaban J connectivity index is 1.97. The molecular formula is C23H27N3O4. The van der Waals surface area contributed by atoms with E-state index in [-0.39, 0.29) is 23.9 Å². The minimum atomic E-state index is -0.971. The van der Waals surface area contributed by atoms with Gasteiger partial charge in [-0.1, -0.05) is 49.4 Å². The lowest BCUT2D eigenvalue weighted by molar-refractivity contribution is -0.385. The first kappa shape index (κ1) is 21.5. The molecule has 0 aromatic heterocycles. The number of hydrogen-bond donors (Lipinski definition) is 0. The molecule has 7 heteroatoms. The predicted molar refractivity (Wildman–Crippen MR) is 114 cm³/mol. The van der Waals surface area contributed by atoms with E-state index in [0.29, 0.717) is 18.4 Å². The minimum Gasteiger partial charge on any atom is -0.331 e. The number of rotatable bonds is 6. The highest BCUT2D eigenvalue weighted by Crippen LogP contribution is 2.34. The summed E-state index contributed by atoms with van der Waals surface area (Å²) < 4.78 is 0. The molecule has 2 aromatic rings. The first-order chi connectivity index (χ1) is 14.2. The lowest BCUT2D eigenvalue weighted by Gasteiger charge is -2.50. The molecule has 1 aliphatic rings. The fourth-order valence-corrected chi connectivity index (χ4v) is 4.40. The third kappa shape index (κ3) is 3.56. The summed E-state index contributed by atoms with van der Waals surface area (Å²) in [7, 11) is 3.29. The molecule has 0 N–H and O–H groups in total. The van der Waals surface area contributed by atoms with Crippen LogP contribution in [-0.2, 0) is 22.4 Å². The average Bonchev–Trinajstić information content (AvgIpc) is 2.74. The van der Waals surface area contributed by atoms with Crippen molar-refractivity contribution in [1.82, 2.24) is 9.80 Å². The second kappa shape index (κ2) is 8.26. The average molecular weight is 409 g/mol. The van der Waals surface area contributed by atoms with Gasteiger partial charge in [-0.3, -0.25) is 19.7 Å². The summed E-state index contributed by atoms with van der Waals surface area (Å²) in [6.45, 7) is 3.69. The van der Waals surface area contributed by atoms with Gasteiger partial charge in [0.25, 0.3) is 5.69 Å². The Bertz CT molecular complexity index is 976. The zero-order valence-electron chi connectivity index (χ0n) is 17.8. The summed E-state index contributed by atoms with van der Waals surface area (Å²) >= 11 is 0. The van der Waals surface area contributed by atoms with Crippen molar-refractivity contribution in [3.05, 3.63) is 75.3 Å². The summed E-state index contributed by atoms with van der Waals surface area (Å²) in [6, 6.07) is 13.7. The lowest BCUT2D eigenvalue weighted by atomic mass is 9.81. The van der Waals surface area contributed by atoms with E-state index in [4.69, 9.17) is 0 Å². The third-order valence-electron chi connectivity index (χ3n) is 6.35. The largest absolute Gasteiger partial charge is 0.331 e. The quantitative estimate of drug-likeness (QED) is 0.542. The molecule has 0 radical (unpaired) electrons. The van der Waals surface area contributed by atoms with Crippen LogP contribution in [0, 0.1) is 17.0 Å². The third-order valence-corrected chi connectivity index (χ3v) is 6.35. The van der Waals surface area contributed by atoms with Crippen LogP contribution >= 0.6 is 0 Å². The molecule has 0 saturated carbocycles. The van der Waals surface area contributed by atoms with E-state index in [1.54, 1.807) is 38.1 Å². The molecule has 2 atom stereocenters. The van der Waals surface area contributed by atoms with Crippen molar-refractivity contribution in [2.75, 3.05) is 14.1 Å². The van der Waals surface area contributed by atoms with Gasteiger partial charge < -0.3 is 9.80 Å². The van der Waals surface area contributed by atoms with E-state index < -0.39 is 16.5 Å². The van der Waals surface area contributed by atoms with Gasteiger partial charge in [0.2, 0.25) is 11.8 Å². The molecule has 2 amide bonds. The number of aryl methyl sites for hydroxylation is 1. The summed E-state index contributed by atoms with van der Waals surface area (Å²) in [5, 5.41) is 11.5. The highest BCUT2D eigenvalue weighted by molar-refractivity contribution is 6.00. The lowest BCUT2D eigenvalue weighted by Crippen LogP contribution is -2.70. The van der Waals surface area contributed by atoms with Crippen LogP contribution in [-0.4, -0.2) is 52.2 Å². The van der Waals surface area contributed by atoms with Gasteiger partial charge in [-0.2, -0.15) is 0 Å². The van der Waals surface area contributed by atoms with Crippen LogP contribution in [0.4, 0.5) is 5.69 Å². The molecule has 1 saturated heterocycles. The van der Waals surface area contributed by atoms with E-state index in [2.05, 4.69) is 0 Å². The maximum atomic E-state index is 13.5. The van der Waals surface area contributed by atoms with Crippen molar-refractivity contribution in [3.8, 4) is 0 Å². The van der Waals surface area contributed by atoms with Crippen LogP contribution < -0.4 is 0 Å². The number of carbonyl (C=O) groups excluding carboxylic acids is 2. The smallest absolute Gasteiger partial charge is 0.272 e. The number of likely N-dealkylation sites (N-methyl/N-ethyl adjacent to an activating group) is 2. The van der Waals surface area contributed by atoms with Crippen LogP contribution in [0.5, 0.6) is 0 Å². The van der Waals surface area contributed by atoms with E-state index in [9.17, 15) is 19.7 Å². The molecule has 1 fully saturated rings. The molecule has 1 aliphatic heterocycles. The maximum Gasteiger partial charge on any atom is 0.272 e. The van der Waals surface area contributed by atoms with Crippen LogP contribution in [0.25, 0.3) is 0 Å². The van der Waals surface area contributed by atoms with E-state index in [0.717, 1.165) is 11.1 Å². The van der Waals surface area contributed by atoms with Crippen molar-refractivity contribution in [2.24, 2.45) is 0 Å². The topological polar surface area (TPSA) is 83.8 Å². The monoisotopic (exact) mass is 409 g/mol. The number of carbonyl (C=O) groups is 2. The standard InChI is InChI=1S/C23H27N3O4/c1-5-23(15-17-11-7-6-8-12-17)22(28)24(3)20(21(27)25(23)4)14-18-16(2)10-9-13-19(18)26(29)30/h6-13,20H,5,14-15H2,1-4H3. The fourth-order valence-electron chi connectivity index (χ4n) is 4.40. The normalized spacial score (nSPS) is 21.8. The van der Waals surface area contributed by atoms with Crippen LogP contribution in [0.15, 0.2) is 48.5 Å². The van der Waals surface area contributed by atoms with Crippen molar-refractivity contribution in [1.29, 1.82) is 0 Å². The van der Waals surface area contributed by atoms with Crippen LogP contribution in [0.2, 0.25) is 0 Å². The first-order valence-electron chi connectivity index (χ1n) is 10.0. The number of hydrogen-bond acceptors (Lipinski definition) is 4. The molecule has 3 rings (SSSR count). The van der Waals surface area contributed by atoms with Crippen LogP contribution in [0.1, 0.15) is 30.0 Å². The number of nitrogens with zero attached hydrogens (tertiary/aromatic N) is 3. The zero-order valence-corrected chi connectivity index (χ0v) is 17.8. The molecule has 0 aliphatic carbocycles. The Morgan fingerprint density at radius 2 is 1.73 bits per heavy atom. The molecule has 2 unspecified atom stereocenters. The Morgan fingerprint density at radius 3 is 2.33 bits per heavy atom. The summed E-state index contributed by atoms with van der Waals surface area (Å²) in [4.78, 5) is 41.0. The number of nitro benzene ring substituents is 1. The Labute approximate surface area is 176 Å². The predicted octanol–water partition coefficient (Wildman–Crippen LogP) is 3.14. The van der Waals surface area contributed by atoms with E-state index >= 15 is 0 Å². The highest BCUT2D eigenvalue weighted by Gasteiger charge is 2.52. The van der Waals surface area contributed by atoms with Crippen molar-refractivity contribution < 1.29 is 14.5 Å². The summed E-state index contributed by atoms with van der Waals surface area (Å²) in [5.74, 6) is -0.343. The number of nitro groups is 1. The number of benzene rings is 2. The van der Waals surface area contributed by atoms with Gasteiger partial charge in [0.05, 0.1) is 4.92 Å². The number of piperazine rings is 1.